The Labute approximate surface area is 67.8 Å². The summed E-state index contributed by atoms with van der Waals surface area (Å²) < 4.78 is 0. The highest BCUT2D eigenvalue weighted by Gasteiger charge is 2.19. The van der Waals surface area contributed by atoms with Gasteiger partial charge in [-0.2, -0.15) is 17.9 Å². The van der Waals surface area contributed by atoms with Crippen LogP contribution in [0.3, 0.4) is 0 Å². The highest BCUT2D eigenvalue weighted by atomic mass is 32.1. The molecule has 56 valence electrons. The van der Waals surface area contributed by atoms with E-state index in [-0.39, 0.29) is 0 Å². The fourth-order valence-electron chi connectivity index (χ4n) is 1.47. The van der Waals surface area contributed by atoms with Crippen LogP contribution in [0.1, 0.15) is 25.7 Å². The summed E-state index contributed by atoms with van der Waals surface area (Å²) in [4.78, 5) is 0. The zero-order valence-electron chi connectivity index (χ0n) is 6.08. The van der Waals surface area contributed by atoms with Crippen LogP contribution < -0.4 is 0 Å². The summed E-state index contributed by atoms with van der Waals surface area (Å²) in [6, 6.07) is 2.32. The van der Waals surface area contributed by atoms with Crippen molar-refractivity contribution in [3.8, 4) is 6.07 Å². The zero-order valence-corrected chi connectivity index (χ0v) is 6.98. The molecular weight excluding hydrogens is 142 g/mol. The fraction of sp³-hybridized carbons (Fsp3) is 0.875. The molecule has 0 atom stereocenters. The van der Waals surface area contributed by atoms with E-state index < -0.39 is 0 Å². The van der Waals surface area contributed by atoms with Crippen LogP contribution >= 0.6 is 12.6 Å². The molecule has 0 bridgehead atoms. The number of rotatable bonds is 1. The zero-order chi connectivity index (χ0) is 7.40. The lowest BCUT2D eigenvalue weighted by Gasteiger charge is -2.22. The summed E-state index contributed by atoms with van der Waals surface area (Å²) >= 11 is 4.24. The number of hydrogen-bond donors (Lipinski definition) is 1. The third-order valence-corrected chi connectivity index (χ3v) is 2.80. The van der Waals surface area contributed by atoms with E-state index in [1.165, 1.54) is 12.8 Å². The van der Waals surface area contributed by atoms with Crippen LogP contribution in [0.15, 0.2) is 0 Å². The summed E-state index contributed by atoms with van der Waals surface area (Å²) in [7, 11) is 0. The Kier molecular flexibility index (Phi) is 3.08. The first-order valence-electron chi connectivity index (χ1n) is 3.87. The maximum absolute atomic E-state index is 8.58. The van der Waals surface area contributed by atoms with Gasteiger partial charge in [0, 0.05) is 5.92 Å². The quantitative estimate of drug-likeness (QED) is 0.577. The minimum absolute atomic E-state index is 0.344. The number of hydrogen-bond acceptors (Lipinski definition) is 2. The van der Waals surface area contributed by atoms with Crippen molar-refractivity contribution in [1.29, 1.82) is 5.26 Å². The van der Waals surface area contributed by atoms with Crippen molar-refractivity contribution in [2.75, 3.05) is 5.75 Å². The average Bonchev–Trinajstić information content (AvgIpc) is 2.05. The second-order valence-corrected chi connectivity index (χ2v) is 3.39. The molecule has 1 nitrogen and oxygen atoms in total. The molecule has 1 aliphatic rings. The van der Waals surface area contributed by atoms with Gasteiger partial charge in [-0.15, -0.1) is 0 Å². The van der Waals surface area contributed by atoms with E-state index in [2.05, 4.69) is 18.7 Å². The molecule has 0 N–H and O–H groups in total. The van der Waals surface area contributed by atoms with Crippen molar-refractivity contribution in [3.05, 3.63) is 0 Å². The number of nitrogens with zero attached hydrogens (tertiary/aromatic N) is 1. The van der Waals surface area contributed by atoms with Gasteiger partial charge in [-0.05, 0) is 37.4 Å². The standard InChI is InChI=1S/C8H13NS/c9-5-7-1-3-8(6-10)4-2-7/h7-8,10H,1-4,6H2. The van der Waals surface area contributed by atoms with Crippen LogP contribution in [-0.4, -0.2) is 5.75 Å². The van der Waals surface area contributed by atoms with Crippen LogP contribution in [0.2, 0.25) is 0 Å². The lowest BCUT2D eigenvalue weighted by atomic mass is 9.84. The second-order valence-electron chi connectivity index (χ2n) is 3.03. The Bertz CT molecular complexity index is 131. The van der Waals surface area contributed by atoms with E-state index >= 15 is 0 Å². The first-order chi connectivity index (χ1) is 4.86. The Hall–Kier alpha value is -0.160. The van der Waals surface area contributed by atoms with Gasteiger partial charge in [0.2, 0.25) is 0 Å². The molecule has 0 radical (unpaired) electrons. The van der Waals surface area contributed by atoms with Gasteiger partial charge in [-0.3, -0.25) is 0 Å². The van der Waals surface area contributed by atoms with Gasteiger partial charge in [0.05, 0.1) is 6.07 Å². The predicted molar refractivity (Wildman–Crippen MR) is 44.9 cm³/mol. The van der Waals surface area contributed by atoms with Crippen LogP contribution in [0.5, 0.6) is 0 Å². The largest absolute Gasteiger partial charge is 0.198 e. The lowest BCUT2D eigenvalue weighted by Crippen LogP contribution is -2.14. The monoisotopic (exact) mass is 155 g/mol. The van der Waals surface area contributed by atoms with Gasteiger partial charge in [0.15, 0.2) is 0 Å². The Morgan fingerprint density at radius 2 is 1.90 bits per heavy atom. The molecule has 0 amide bonds. The molecular formula is C8H13NS. The first kappa shape index (κ1) is 7.94. The molecule has 1 saturated carbocycles. The van der Waals surface area contributed by atoms with E-state index in [4.69, 9.17) is 5.26 Å². The van der Waals surface area contributed by atoms with Crippen molar-refractivity contribution >= 4 is 12.6 Å². The van der Waals surface area contributed by atoms with Crippen LogP contribution in [0.25, 0.3) is 0 Å². The molecule has 1 fully saturated rings. The van der Waals surface area contributed by atoms with E-state index in [0.717, 1.165) is 24.5 Å². The highest BCUT2D eigenvalue weighted by molar-refractivity contribution is 7.80. The Morgan fingerprint density at radius 1 is 1.30 bits per heavy atom. The predicted octanol–water partition coefficient (Wildman–Crippen LogP) is 2.25. The molecule has 0 aromatic rings. The third-order valence-electron chi connectivity index (χ3n) is 2.29. The van der Waals surface area contributed by atoms with Crippen molar-refractivity contribution < 1.29 is 0 Å². The molecule has 10 heavy (non-hydrogen) atoms. The maximum Gasteiger partial charge on any atom is 0.0655 e. The van der Waals surface area contributed by atoms with Crippen molar-refractivity contribution in [3.63, 3.8) is 0 Å². The van der Waals surface area contributed by atoms with Gasteiger partial charge in [0.25, 0.3) is 0 Å². The third kappa shape index (κ3) is 1.91. The molecule has 0 saturated heterocycles. The van der Waals surface area contributed by atoms with E-state index in [0.29, 0.717) is 5.92 Å². The topological polar surface area (TPSA) is 23.8 Å². The van der Waals surface area contributed by atoms with Crippen LogP contribution in [-0.2, 0) is 0 Å². The second kappa shape index (κ2) is 3.88. The SMILES string of the molecule is N#CC1CCC(CS)CC1. The molecule has 0 heterocycles. The van der Waals surface area contributed by atoms with Gasteiger partial charge in [-0.1, -0.05) is 0 Å². The Balaban J connectivity index is 2.25. The molecule has 1 rings (SSSR count). The number of thiol groups is 1. The summed E-state index contributed by atoms with van der Waals surface area (Å²) in [5.74, 6) is 2.13. The summed E-state index contributed by atoms with van der Waals surface area (Å²) in [6.45, 7) is 0. The highest BCUT2D eigenvalue weighted by Crippen LogP contribution is 2.28. The molecule has 0 aliphatic heterocycles. The number of nitriles is 1. The van der Waals surface area contributed by atoms with Crippen molar-refractivity contribution in [2.24, 2.45) is 11.8 Å². The van der Waals surface area contributed by atoms with E-state index in [9.17, 15) is 0 Å². The minimum atomic E-state index is 0.344. The molecule has 0 aromatic carbocycles. The van der Waals surface area contributed by atoms with Gasteiger partial charge < -0.3 is 0 Å². The molecule has 2 heteroatoms. The maximum atomic E-state index is 8.58. The first-order valence-corrected chi connectivity index (χ1v) is 4.50. The molecule has 0 spiro atoms. The molecule has 1 aliphatic carbocycles. The van der Waals surface area contributed by atoms with Crippen molar-refractivity contribution in [2.45, 2.75) is 25.7 Å². The van der Waals surface area contributed by atoms with E-state index in [1.54, 1.807) is 0 Å². The summed E-state index contributed by atoms with van der Waals surface area (Å²) in [5, 5.41) is 8.58. The van der Waals surface area contributed by atoms with Crippen molar-refractivity contribution in [1.82, 2.24) is 0 Å². The van der Waals surface area contributed by atoms with Crippen LogP contribution in [0.4, 0.5) is 0 Å². The van der Waals surface area contributed by atoms with Gasteiger partial charge >= 0.3 is 0 Å². The lowest BCUT2D eigenvalue weighted by molar-refractivity contribution is 0.340. The average molecular weight is 155 g/mol. The normalized spacial score (nSPS) is 33.2. The van der Waals surface area contributed by atoms with Crippen LogP contribution in [0, 0.1) is 23.2 Å². The Morgan fingerprint density at radius 3 is 2.30 bits per heavy atom. The summed E-state index contributed by atoms with van der Waals surface area (Å²) in [5.41, 5.74) is 0. The summed E-state index contributed by atoms with van der Waals surface area (Å²) in [6.07, 6.45) is 4.62. The molecule has 0 aromatic heterocycles. The minimum Gasteiger partial charge on any atom is -0.198 e. The van der Waals surface area contributed by atoms with E-state index in [1.807, 2.05) is 0 Å². The molecule has 0 unspecified atom stereocenters. The smallest absolute Gasteiger partial charge is 0.0655 e. The van der Waals surface area contributed by atoms with Gasteiger partial charge in [-0.25, -0.2) is 0 Å². The fourth-order valence-corrected chi connectivity index (χ4v) is 1.84. The van der Waals surface area contributed by atoms with Gasteiger partial charge in [0.1, 0.15) is 0 Å².